The Morgan fingerprint density at radius 1 is 0.483 bits per heavy atom. The predicted octanol–water partition coefficient (Wildman–Crippen LogP) is 6.40. The van der Waals surface area contributed by atoms with Crippen molar-refractivity contribution in [3.63, 3.8) is 0 Å². The largest absolute Gasteiger partial charge is 0.478 e. The average Bonchev–Trinajstić information content (AvgIpc) is 3.14. The molecule has 0 amide bonds. The molecule has 0 aliphatic rings. The van der Waals surface area contributed by atoms with Crippen molar-refractivity contribution >= 4 is 114 Å². The molecule has 296 valence electrons. The topological polar surface area (TPSA) is 309 Å². The number of carbonyl (C=O) groups is 2. The highest BCUT2D eigenvalue weighted by molar-refractivity contribution is 7.86. The first-order chi connectivity index (χ1) is 27.4. The Labute approximate surface area is 337 Å². The summed E-state index contributed by atoms with van der Waals surface area (Å²) in [5.74, 6) is -2.59. The number of hydrogen-bond acceptors (Lipinski definition) is 16. The highest BCUT2D eigenvalue weighted by Gasteiger charge is 2.19. The van der Waals surface area contributed by atoms with Crippen LogP contribution in [-0.2, 0) is 20.2 Å². The van der Waals surface area contributed by atoms with E-state index in [9.17, 15) is 35.5 Å². The van der Waals surface area contributed by atoms with Gasteiger partial charge in [-0.05, 0) is 107 Å². The third-order valence-electron chi connectivity index (χ3n) is 7.53. The van der Waals surface area contributed by atoms with Crippen LogP contribution in [0.25, 0.3) is 12.2 Å². The fourth-order valence-electron chi connectivity index (χ4n) is 4.96. The summed E-state index contributed by atoms with van der Waals surface area (Å²) in [6, 6.07) is 18.8. The fraction of sp³-hybridized carbons (Fsp3) is 0. The van der Waals surface area contributed by atoms with E-state index in [-0.39, 0.29) is 68.0 Å². The minimum Gasteiger partial charge on any atom is -0.478 e. The van der Waals surface area contributed by atoms with Crippen LogP contribution in [0.5, 0.6) is 0 Å². The molecule has 24 heteroatoms. The second kappa shape index (κ2) is 16.7. The summed E-state index contributed by atoms with van der Waals surface area (Å²) in [7, 11) is -9.78. The highest BCUT2D eigenvalue weighted by atomic mass is 35.5. The zero-order chi connectivity index (χ0) is 41.8. The molecule has 0 atom stereocenters. The second-order valence-electron chi connectivity index (χ2n) is 11.6. The van der Waals surface area contributed by atoms with Crippen molar-refractivity contribution in [1.29, 1.82) is 0 Å². The maximum absolute atomic E-state index is 12.5. The molecule has 6 rings (SSSR count). The van der Waals surface area contributed by atoms with Gasteiger partial charge in [-0.25, -0.2) is 9.59 Å². The van der Waals surface area contributed by atoms with Gasteiger partial charge in [0.2, 0.25) is 34.4 Å². The first-order valence-corrected chi connectivity index (χ1v) is 19.5. The van der Waals surface area contributed by atoms with E-state index in [0.29, 0.717) is 11.4 Å². The molecule has 58 heavy (non-hydrogen) atoms. The molecule has 0 aliphatic carbocycles. The van der Waals surface area contributed by atoms with Gasteiger partial charge in [0.25, 0.3) is 20.2 Å². The highest BCUT2D eigenvalue weighted by Crippen LogP contribution is 2.29. The number of carboxylic acids is 2. The number of anilines is 8. The number of benzene rings is 4. The minimum atomic E-state index is -4.89. The van der Waals surface area contributed by atoms with Crippen LogP contribution in [0, 0.1) is 0 Å². The summed E-state index contributed by atoms with van der Waals surface area (Å²) in [6.45, 7) is 0. The first kappa shape index (κ1) is 40.8. The second-order valence-corrected chi connectivity index (χ2v) is 15.0. The van der Waals surface area contributed by atoms with E-state index in [0.717, 1.165) is 12.1 Å². The monoisotopic (exact) mass is 866 g/mol. The lowest BCUT2D eigenvalue weighted by Crippen LogP contribution is -2.06. The molecule has 2 heterocycles. The van der Waals surface area contributed by atoms with Crippen molar-refractivity contribution in [2.75, 3.05) is 21.3 Å². The van der Waals surface area contributed by atoms with Crippen molar-refractivity contribution < 1.29 is 45.7 Å². The van der Waals surface area contributed by atoms with Crippen molar-refractivity contribution in [3.05, 3.63) is 118 Å². The Morgan fingerprint density at radius 2 is 0.776 bits per heavy atom. The van der Waals surface area contributed by atoms with E-state index in [1.807, 2.05) is 0 Å². The van der Waals surface area contributed by atoms with Gasteiger partial charge in [0.05, 0.1) is 11.1 Å². The minimum absolute atomic E-state index is 0.0446. The number of nitrogens with one attached hydrogen (secondary N) is 4. The summed E-state index contributed by atoms with van der Waals surface area (Å²) in [5, 5.41) is 28.9. The molecule has 0 fully saturated rings. The quantitative estimate of drug-likeness (QED) is 0.0434. The Kier molecular flexibility index (Phi) is 11.8. The van der Waals surface area contributed by atoms with Crippen molar-refractivity contribution in [1.82, 2.24) is 29.9 Å². The summed E-state index contributed by atoms with van der Waals surface area (Å²) < 4.78 is 70.0. The zero-order valence-corrected chi connectivity index (χ0v) is 31.9. The van der Waals surface area contributed by atoms with Crippen molar-refractivity contribution in [3.8, 4) is 0 Å². The molecule has 0 aliphatic heterocycles. The number of nitrogens with zero attached hydrogens (tertiary/aromatic N) is 6. The van der Waals surface area contributed by atoms with Crippen LogP contribution >= 0.6 is 23.2 Å². The number of carboxylic acid groups (broad SMARTS) is 2. The van der Waals surface area contributed by atoms with Crippen molar-refractivity contribution in [2.45, 2.75) is 9.79 Å². The Morgan fingerprint density at radius 3 is 1.07 bits per heavy atom. The van der Waals surface area contributed by atoms with Crippen LogP contribution in [0.1, 0.15) is 31.8 Å². The summed E-state index contributed by atoms with van der Waals surface area (Å²) in [6.07, 6.45) is 2.38. The molecule has 0 bridgehead atoms. The van der Waals surface area contributed by atoms with Crippen LogP contribution in [0.2, 0.25) is 10.6 Å². The smallest absolute Gasteiger partial charge is 0.335 e. The average molecular weight is 868 g/mol. The van der Waals surface area contributed by atoms with Crippen LogP contribution in [0.4, 0.5) is 46.5 Å². The number of aromatic nitrogens is 6. The third kappa shape index (κ3) is 10.5. The molecule has 6 aromatic rings. The summed E-state index contributed by atoms with van der Waals surface area (Å²) in [4.78, 5) is 45.3. The number of aromatic carboxylic acids is 2. The fourth-order valence-corrected chi connectivity index (χ4v) is 6.70. The molecule has 0 radical (unpaired) electrons. The van der Waals surface area contributed by atoms with Gasteiger partial charge < -0.3 is 31.5 Å². The van der Waals surface area contributed by atoms with E-state index in [2.05, 4.69) is 51.2 Å². The van der Waals surface area contributed by atoms with Crippen LogP contribution < -0.4 is 21.3 Å². The number of halogens is 2. The van der Waals surface area contributed by atoms with E-state index in [1.54, 1.807) is 0 Å². The van der Waals surface area contributed by atoms with Crippen LogP contribution in [0.15, 0.2) is 94.7 Å². The predicted molar refractivity (Wildman–Crippen MR) is 211 cm³/mol. The Balaban J connectivity index is 1.22. The molecule has 8 N–H and O–H groups in total. The van der Waals surface area contributed by atoms with Crippen molar-refractivity contribution in [2.24, 2.45) is 0 Å². The van der Waals surface area contributed by atoms with Gasteiger partial charge in [-0.3, -0.25) is 9.11 Å². The van der Waals surface area contributed by atoms with Gasteiger partial charge in [-0.1, -0.05) is 24.3 Å². The van der Waals surface area contributed by atoms with Gasteiger partial charge in [-0.15, -0.1) is 0 Å². The lowest BCUT2D eigenvalue weighted by atomic mass is 10.1. The third-order valence-corrected chi connectivity index (χ3v) is 9.69. The van der Waals surface area contributed by atoms with E-state index in [4.69, 9.17) is 33.4 Å². The molecule has 0 saturated heterocycles. The van der Waals surface area contributed by atoms with Crippen LogP contribution in [-0.4, -0.2) is 78.0 Å². The maximum Gasteiger partial charge on any atom is 0.335 e. The lowest BCUT2D eigenvalue weighted by molar-refractivity contribution is 0.0686. The van der Waals surface area contributed by atoms with Gasteiger partial charge in [0.15, 0.2) is 0 Å². The molecular weight excluding hydrogens is 843 g/mol. The lowest BCUT2D eigenvalue weighted by Gasteiger charge is -2.11. The molecule has 0 spiro atoms. The van der Waals surface area contributed by atoms with E-state index >= 15 is 0 Å². The SMILES string of the molecule is O=C(O)c1ccc(Nc2nc(Cl)nc(Nc3ccc(/C=C/c4ccc(Nc5nc(Cl)nc(Nc6ccc(C(=O)O)cc6)n5)cc4S(=O)(=O)O)c(S(=O)(=O)O)c3)n2)cc1. The van der Waals surface area contributed by atoms with Gasteiger partial charge in [0.1, 0.15) is 9.79 Å². The molecule has 20 nitrogen and oxygen atoms in total. The summed E-state index contributed by atoms with van der Waals surface area (Å²) >= 11 is 12.1. The van der Waals surface area contributed by atoms with E-state index < -0.39 is 42.0 Å². The number of hydrogen-bond donors (Lipinski definition) is 8. The normalized spacial score (nSPS) is 11.6. The van der Waals surface area contributed by atoms with Gasteiger partial charge in [0, 0.05) is 22.7 Å². The van der Waals surface area contributed by atoms with Gasteiger partial charge >= 0.3 is 11.9 Å². The molecule has 0 unspecified atom stereocenters. The Bertz CT molecular complexity index is 2640. The maximum atomic E-state index is 12.5. The Hall–Kier alpha value is -6.82. The standard InChI is InChI=1S/C34H24Cl2N10O10S2/c35-29-41-31(37-21-9-5-19(6-10-21)27(47)48)45-33(43-29)39-23-13-3-17(25(15-23)57(51,52)53)1-2-18-4-14-24(16-26(18)58(54,55)56)40-34-44-30(36)42-32(46-34)38-22-11-7-20(8-12-22)28(49)50/h1-16H,(H,47,48)(H,49,50)(H,51,52,53)(H,54,55,56)(H2,37,39,41,43,45)(H2,38,40,42,44,46)/b2-1+. The zero-order valence-electron chi connectivity index (χ0n) is 28.7. The summed E-state index contributed by atoms with van der Waals surface area (Å²) in [5.41, 5.74) is 0.924. The van der Waals surface area contributed by atoms with Crippen LogP contribution in [0.3, 0.4) is 0 Å². The van der Waals surface area contributed by atoms with E-state index in [1.165, 1.54) is 84.9 Å². The molecule has 0 saturated carbocycles. The molecular formula is C34H24Cl2N10O10S2. The van der Waals surface area contributed by atoms with Gasteiger partial charge in [-0.2, -0.15) is 46.7 Å². The molecule has 4 aromatic carbocycles. The number of rotatable bonds is 14. The first-order valence-electron chi connectivity index (χ1n) is 15.9. The molecule has 2 aromatic heterocycles.